The predicted octanol–water partition coefficient (Wildman–Crippen LogP) is 5.85. The van der Waals surface area contributed by atoms with Crippen molar-refractivity contribution < 1.29 is 9.53 Å². The van der Waals surface area contributed by atoms with Gasteiger partial charge in [-0.15, -0.1) is 0 Å². The Morgan fingerprint density at radius 1 is 0.971 bits per heavy atom. The molecule has 4 rings (SSSR count). The molecular weight excluding hydrogens is 422 g/mol. The second-order valence-corrected chi connectivity index (χ2v) is 8.83. The van der Waals surface area contributed by atoms with Crippen molar-refractivity contribution in [2.45, 2.75) is 46.1 Å². The lowest BCUT2D eigenvalue weighted by Crippen LogP contribution is -2.24. The van der Waals surface area contributed by atoms with Crippen molar-refractivity contribution in [2.24, 2.45) is 0 Å². The maximum Gasteiger partial charge on any atom is 0.251 e. The third-order valence-electron chi connectivity index (χ3n) is 6.28. The molecule has 0 atom stereocenters. The smallest absolute Gasteiger partial charge is 0.251 e. The SMILES string of the molecule is COc1ccc(C(=O)NCCCCCc2nc3ccccc3n2Cc2cc(C)ccc2C)cc1. The van der Waals surface area contributed by atoms with E-state index in [2.05, 4.69) is 60.1 Å². The Bertz CT molecular complexity index is 1260. The second-order valence-electron chi connectivity index (χ2n) is 8.83. The summed E-state index contributed by atoms with van der Waals surface area (Å²) in [6.07, 6.45) is 3.94. The van der Waals surface area contributed by atoms with Crippen LogP contribution in [0.4, 0.5) is 0 Å². The number of hydrogen-bond donors (Lipinski definition) is 1. The number of carbonyl (C=O) groups is 1. The van der Waals surface area contributed by atoms with Gasteiger partial charge in [-0.2, -0.15) is 0 Å². The molecule has 3 aromatic carbocycles. The summed E-state index contributed by atoms with van der Waals surface area (Å²) in [5.74, 6) is 1.84. The standard InChI is InChI=1S/C29H33N3O2/c1-21-12-13-22(2)24(19-21)20-32-27-10-7-6-9-26(27)31-28(32)11-5-4-8-18-30-29(33)23-14-16-25(34-3)17-15-23/h6-7,9-10,12-17,19H,4-5,8,11,18,20H2,1-3H3,(H,30,33). The highest BCUT2D eigenvalue weighted by Crippen LogP contribution is 2.21. The van der Waals surface area contributed by atoms with Crippen LogP contribution in [0.1, 0.15) is 52.1 Å². The van der Waals surface area contributed by atoms with Crippen molar-refractivity contribution in [1.82, 2.24) is 14.9 Å². The number of carbonyl (C=O) groups excluding carboxylic acids is 1. The van der Waals surface area contributed by atoms with E-state index in [4.69, 9.17) is 9.72 Å². The van der Waals surface area contributed by atoms with Gasteiger partial charge in [0.2, 0.25) is 0 Å². The van der Waals surface area contributed by atoms with E-state index < -0.39 is 0 Å². The maximum absolute atomic E-state index is 12.3. The minimum Gasteiger partial charge on any atom is -0.497 e. The van der Waals surface area contributed by atoms with E-state index in [9.17, 15) is 4.79 Å². The molecule has 1 heterocycles. The highest BCUT2D eigenvalue weighted by molar-refractivity contribution is 5.94. The number of fused-ring (bicyclic) bond motifs is 1. The van der Waals surface area contributed by atoms with Crippen molar-refractivity contribution >= 4 is 16.9 Å². The monoisotopic (exact) mass is 455 g/mol. The van der Waals surface area contributed by atoms with E-state index in [0.717, 1.165) is 49.3 Å². The highest BCUT2D eigenvalue weighted by atomic mass is 16.5. The van der Waals surface area contributed by atoms with Crippen LogP contribution in [0.25, 0.3) is 11.0 Å². The lowest BCUT2D eigenvalue weighted by molar-refractivity contribution is 0.0953. The van der Waals surface area contributed by atoms with Crippen LogP contribution in [0.3, 0.4) is 0 Å². The van der Waals surface area contributed by atoms with Gasteiger partial charge in [-0.25, -0.2) is 4.98 Å². The molecule has 0 unspecified atom stereocenters. The first-order valence-corrected chi connectivity index (χ1v) is 12.0. The molecule has 0 spiro atoms. The fourth-order valence-electron chi connectivity index (χ4n) is 4.26. The van der Waals surface area contributed by atoms with Crippen LogP contribution < -0.4 is 10.1 Å². The number of methoxy groups -OCH3 is 1. The highest BCUT2D eigenvalue weighted by Gasteiger charge is 2.12. The number of ether oxygens (including phenoxy) is 1. The number of amides is 1. The first-order chi connectivity index (χ1) is 16.5. The van der Waals surface area contributed by atoms with Crippen molar-refractivity contribution in [3.63, 3.8) is 0 Å². The number of nitrogens with one attached hydrogen (secondary N) is 1. The molecule has 5 heteroatoms. The minimum atomic E-state index is -0.0435. The van der Waals surface area contributed by atoms with Crippen LogP contribution in [0.2, 0.25) is 0 Å². The van der Waals surface area contributed by atoms with E-state index in [1.165, 1.54) is 22.2 Å². The van der Waals surface area contributed by atoms with Crippen molar-refractivity contribution in [3.8, 4) is 5.75 Å². The number of rotatable bonds is 10. The van der Waals surface area contributed by atoms with Gasteiger partial charge in [-0.1, -0.05) is 42.3 Å². The van der Waals surface area contributed by atoms with Gasteiger partial charge in [0.25, 0.3) is 5.91 Å². The Kier molecular flexibility index (Phi) is 7.63. The van der Waals surface area contributed by atoms with E-state index in [-0.39, 0.29) is 5.91 Å². The molecule has 4 aromatic rings. The predicted molar refractivity (Wildman–Crippen MR) is 138 cm³/mol. The zero-order valence-electron chi connectivity index (χ0n) is 20.3. The third-order valence-corrected chi connectivity index (χ3v) is 6.28. The van der Waals surface area contributed by atoms with Crippen molar-refractivity contribution in [3.05, 3.63) is 94.8 Å². The number of aromatic nitrogens is 2. The van der Waals surface area contributed by atoms with Gasteiger partial charge in [0.15, 0.2) is 0 Å². The minimum absolute atomic E-state index is 0.0435. The van der Waals surface area contributed by atoms with Crippen LogP contribution >= 0.6 is 0 Å². The van der Waals surface area contributed by atoms with Crippen LogP contribution in [-0.4, -0.2) is 29.1 Å². The molecule has 1 aromatic heterocycles. The zero-order valence-corrected chi connectivity index (χ0v) is 20.3. The fraction of sp³-hybridized carbons (Fsp3) is 0.310. The van der Waals surface area contributed by atoms with Gasteiger partial charge < -0.3 is 14.6 Å². The molecule has 5 nitrogen and oxygen atoms in total. The molecule has 0 aliphatic carbocycles. The molecule has 0 saturated carbocycles. The Labute approximate surface area is 201 Å². The van der Waals surface area contributed by atoms with Crippen molar-refractivity contribution in [1.29, 1.82) is 0 Å². The van der Waals surface area contributed by atoms with Crippen LogP contribution in [0.5, 0.6) is 5.75 Å². The third kappa shape index (κ3) is 5.66. The molecule has 0 aliphatic rings. The number of imidazole rings is 1. The Morgan fingerprint density at radius 3 is 2.56 bits per heavy atom. The summed E-state index contributed by atoms with van der Waals surface area (Å²) in [4.78, 5) is 17.2. The molecule has 0 aliphatic heterocycles. The van der Waals surface area contributed by atoms with Gasteiger partial charge >= 0.3 is 0 Å². The number of benzene rings is 3. The summed E-state index contributed by atoms with van der Waals surface area (Å²) in [6.45, 7) is 5.82. The summed E-state index contributed by atoms with van der Waals surface area (Å²) in [5, 5.41) is 3.01. The summed E-state index contributed by atoms with van der Waals surface area (Å²) in [5.41, 5.74) is 6.82. The van der Waals surface area contributed by atoms with Gasteiger partial charge in [-0.05, 0) is 74.2 Å². The Balaban J connectivity index is 1.33. The maximum atomic E-state index is 12.3. The van der Waals surface area contributed by atoms with E-state index >= 15 is 0 Å². The van der Waals surface area contributed by atoms with Gasteiger partial charge in [-0.3, -0.25) is 4.79 Å². The fourth-order valence-corrected chi connectivity index (χ4v) is 4.26. The van der Waals surface area contributed by atoms with E-state index in [0.29, 0.717) is 12.1 Å². The number of hydrogen-bond acceptors (Lipinski definition) is 3. The molecule has 1 amide bonds. The van der Waals surface area contributed by atoms with Crippen molar-refractivity contribution in [2.75, 3.05) is 13.7 Å². The first kappa shape index (κ1) is 23.6. The number of para-hydroxylation sites is 2. The second kappa shape index (κ2) is 11.0. The number of unbranched alkanes of at least 4 members (excludes halogenated alkanes) is 2. The summed E-state index contributed by atoms with van der Waals surface area (Å²) < 4.78 is 7.51. The average molecular weight is 456 g/mol. The molecule has 0 bridgehead atoms. The summed E-state index contributed by atoms with van der Waals surface area (Å²) in [7, 11) is 1.62. The van der Waals surface area contributed by atoms with Crippen LogP contribution in [0, 0.1) is 13.8 Å². The largest absolute Gasteiger partial charge is 0.497 e. The number of aryl methyl sites for hydroxylation is 3. The molecule has 0 radical (unpaired) electrons. The molecule has 1 N–H and O–H groups in total. The van der Waals surface area contributed by atoms with E-state index in [1.54, 1.807) is 31.4 Å². The van der Waals surface area contributed by atoms with Gasteiger partial charge in [0.05, 0.1) is 18.1 Å². The summed E-state index contributed by atoms with van der Waals surface area (Å²) >= 11 is 0. The lowest BCUT2D eigenvalue weighted by atomic mass is 10.1. The topological polar surface area (TPSA) is 56.1 Å². The average Bonchev–Trinajstić information content (AvgIpc) is 3.20. The molecule has 176 valence electrons. The molecule has 0 fully saturated rings. The quantitative estimate of drug-likeness (QED) is 0.305. The van der Waals surface area contributed by atoms with Crippen LogP contribution in [-0.2, 0) is 13.0 Å². The lowest BCUT2D eigenvalue weighted by Gasteiger charge is -2.12. The Hall–Kier alpha value is -3.60. The molecule has 0 saturated heterocycles. The first-order valence-electron chi connectivity index (χ1n) is 12.0. The van der Waals surface area contributed by atoms with Gasteiger partial charge in [0, 0.05) is 25.1 Å². The normalized spacial score (nSPS) is 11.0. The molecular formula is C29H33N3O2. The van der Waals surface area contributed by atoms with Gasteiger partial charge in [0.1, 0.15) is 11.6 Å². The zero-order chi connectivity index (χ0) is 23.9. The van der Waals surface area contributed by atoms with Crippen LogP contribution in [0.15, 0.2) is 66.7 Å². The summed E-state index contributed by atoms with van der Waals surface area (Å²) in [6, 6.07) is 22.2. The Morgan fingerprint density at radius 2 is 1.76 bits per heavy atom. The van der Waals surface area contributed by atoms with E-state index in [1.807, 2.05) is 6.07 Å². The molecule has 34 heavy (non-hydrogen) atoms. The number of nitrogens with zero attached hydrogens (tertiary/aromatic N) is 2.